The van der Waals surface area contributed by atoms with Crippen molar-refractivity contribution in [1.82, 2.24) is 14.8 Å². The normalized spacial score (nSPS) is 19.0. The molecule has 1 N–H and O–H groups in total. The molecule has 0 radical (unpaired) electrons. The fraction of sp³-hybridized carbons (Fsp3) is 0.304. The van der Waals surface area contributed by atoms with E-state index in [0.717, 1.165) is 17.9 Å². The van der Waals surface area contributed by atoms with E-state index in [4.69, 9.17) is 0 Å². The number of nitrogens with zero attached hydrogens (tertiary/aromatic N) is 3. The number of amides is 1. The maximum absolute atomic E-state index is 13.0. The number of rotatable bonds is 6. The Kier molecular flexibility index (Phi) is 5.04. The molecule has 0 bridgehead atoms. The van der Waals surface area contributed by atoms with Crippen molar-refractivity contribution in [3.8, 4) is 0 Å². The number of hydrogen-bond donors (Lipinski definition) is 1. The second-order valence-corrected chi connectivity index (χ2v) is 8.71. The molecule has 1 amide bonds. The Bertz CT molecular complexity index is 980. The summed E-state index contributed by atoms with van der Waals surface area (Å²) in [6.07, 6.45) is 4.11. The molecule has 2 aromatic heterocycles. The van der Waals surface area contributed by atoms with Crippen LogP contribution in [0.3, 0.4) is 0 Å². The Morgan fingerprint density at radius 2 is 1.86 bits per heavy atom. The number of aromatic nitrogens is 1. The Morgan fingerprint density at radius 3 is 2.62 bits per heavy atom. The zero-order chi connectivity index (χ0) is 19.6. The Labute approximate surface area is 175 Å². The third-order valence-electron chi connectivity index (χ3n) is 5.67. The van der Waals surface area contributed by atoms with Crippen LogP contribution in [-0.2, 0) is 13.1 Å². The lowest BCUT2D eigenvalue weighted by Gasteiger charge is -2.26. The highest BCUT2D eigenvalue weighted by Gasteiger charge is 2.38. The SMILES string of the molecule is O=C1c2cccnc2C(Nc2ccc(CN3CCCC3)cc2)N1Cc1cccs1. The van der Waals surface area contributed by atoms with E-state index in [9.17, 15) is 4.79 Å². The van der Waals surface area contributed by atoms with Gasteiger partial charge in [0.05, 0.1) is 17.8 Å². The van der Waals surface area contributed by atoms with E-state index < -0.39 is 0 Å². The molecule has 0 saturated carbocycles. The van der Waals surface area contributed by atoms with Crippen LogP contribution in [0.25, 0.3) is 0 Å². The maximum atomic E-state index is 13.0. The van der Waals surface area contributed by atoms with Crippen LogP contribution in [0.4, 0.5) is 5.69 Å². The number of thiophene rings is 1. The number of carbonyl (C=O) groups is 1. The molecule has 1 aromatic carbocycles. The Balaban J connectivity index is 1.36. The van der Waals surface area contributed by atoms with Crippen molar-refractivity contribution in [2.75, 3.05) is 18.4 Å². The first-order valence-electron chi connectivity index (χ1n) is 10.1. The van der Waals surface area contributed by atoms with Crippen molar-refractivity contribution in [3.63, 3.8) is 0 Å². The third-order valence-corrected chi connectivity index (χ3v) is 6.53. The van der Waals surface area contributed by atoms with Crippen LogP contribution >= 0.6 is 11.3 Å². The summed E-state index contributed by atoms with van der Waals surface area (Å²) in [6.45, 7) is 3.99. The summed E-state index contributed by atoms with van der Waals surface area (Å²) >= 11 is 1.67. The van der Waals surface area contributed by atoms with Gasteiger partial charge in [-0.05, 0) is 67.2 Å². The van der Waals surface area contributed by atoms with Crippen molar-refractivity contribution < 1.29 is 4.79 Å². The molecule has 4 heterocycles. The average molecular weight is 405 g/mol. The van der Waals surface area contributed by atoms with Crippen molar-refractivity contribution in [3.05, 3.63) is 81.8 Å². The lowest BCUT2D eigenvalue weighted by Crippen LogP contribution is -2.31. The second-order valence-electron chi connectivity index (χ2n) is 7.68. The summed E-state index contributed by atoms with van der Waals surface area (Å²) in [6, 6.07) is 16.4. The van der Waals surface area contributed by atoms with Crippen LogP contribution in [0.1, 0.15) is 45.5 Å². The molecule has 1 fully saturated rings. The summed E-state index contributed by atoms with van der Waals surface area (Å²) in [7, 11) is 0. The maximum Gasteiger partial charge on any atom is 0.258 e. The summed E-state index contributed by atoms with van der Waals surface area (Å²) in [5.74, 6) is 0.0321. The van der Waals surface area contributed by atoms with Gasteiger partial charge in [0.2, 0.25) is 0 Å². The minimum absolute atomic E-state index is 0.0321. The standard InChI is InChI=1S/C23H24N4OS/c28-23-20-6-3-11-24-21(20)22(27(23)16-19-5-4-14-29-19)25-18-9-7-17(8-10-18)15-26-12-1-2-13-26/h3-11,14,22,25H,1-2,12-13,15-16H2. The van der Waals surface area contributed by atoms with E-state index in [-0.39, 0.29) is 12.1 Å². The highest BCUT2D eigenvalue weighted by molar-refractivity contribution is 7.09. The van der Waals surface area contributed by atoms with Gasteiger partial charge in [0.15, 0.2) is 0 Å². The van der Waals surface area contributed by atoms with Gasteiger partial charge < -0.3 is 10.2 Å². The minimum atomic E-state index is -0.259. The van der Waals surface area contributed by atoms with Crippen molar-refractivity contribution >= 4 is 22.9 Å². The smallest absolute Gasteiger partial charge is 0.258 e. The van der Waals surface area contributed by atoms with E-state index in [0.29, 0.717) is 12.1 Å². The number of pyridine rings is 1. The Hall–Kier alpha value is -2.70. The molecule has 1 saturated heterocycles. The second kappa shape index (κ2) is 7.97. The molecule has 2 aliphatic rings. The first kappa shape index (κ1) is 18.3. The predicted molar refractivity (Wildman–Crippen MR) is 116 cm³/mol. The third kappa shape index (κ3) is 3.78. The van der Waals surface area contributed by atoms with Crippen molar-refractivity contribution in [1.29, 1.82) is 0 Å². The van der Waals surface area contributed by atoms with Gasteiger partial charge in [-0.1, -0.05) is 18.2 Å². The summed E-state index contributed by atoms with van der Waals surface area (Å²) < 4.78 is 0. The summed E-state index contributed by atoms with van der Waals surface area (Å²) in [5.41, 5.74) is 3.82. The first-order chi connectivity index (χ1) is 14.3. The van der Waals surface area contributed by atoms with Gasteiger partial charge in [-0.15, -0.1) is 11.3 Å². The number of hydrogen-bond acceptors (Lipinski definition) is 5. The largest absolute Gasteiger partial charge is 0.360 e. The van der Waals surface area contributed by atoms with E-state index in [1.54, 1.807) is 17.5 Å². The average Bonchev–Trinajstić information content (AvgIpc) is 3.49. The summed E-state index contributed by atoms with van der Waals surface area (Å²) in [4.78, 5) is 23.1. The fourth-order valence-corrected chi connectivity index (χ4v) is 4.88. The van der Waals surface area contributed by atoms with Crippen molar-refractivity contribution in [2.45, 2.75) is 32.1 Å². The zero-order valence-corrected chi connectivity index (χ0v) is 17.1. The number of likely N-dealkylation sites (tertiary alicyclic amines) is 1. The molecule has 0 spiro atoms. The van der Waals surface area contributed by atoms with Gasteiger partial charge in [-0.25, -0.2) is 0 Å². The van der Waals surface area contributed by atoms with Gasteiger partial charge >= 0.3 is 0 Å². The van der Waals surface area contributed by atoms with Crippen LogP contribution in [0, 0.1) is 0 Å². The molecule has 5 rings (SSSR count). The molecule has 6 heteroatoms. The molecule has 1 atom stereocenters. The molecule has 29 heavy (non-hydrogen) atoms. The van der Waals surface area contributed by atoms with E-state index >= 15 is 0 Å². The molecule has 148 valence electrons. The predicted octanol–water partition coefficient (Wildman–Crippen LogP) is 4.51. The molecule has 2 aliphatic heterocycles. The number of carbonyl (C=O) groups excluding carboxylic acids is 1. The van der Waals surface area contributed by atoms with Crippen LogP contribution in [0.15, 0.2) is 60.1 Å². The summed E-state index contributed by atoms with van der Waals surface area (Å²) in [5, 5.41) is 5.59. The molecular formula is C23H24N4OS. The molecule has 3 aromatic rings. The number of fused-ring (bicyclic) bond motifs is 1. The molecule has 1 unspecified atom stereocenters. The molecule has 5 nitrogen and oxygen atoms in total. The highest BCUT2D eigenvalue weighted by Crippen LogP contribution is 2.34. The monoisotopic (exact) mass is 404 g/mol. The number of anilines is 1. The lowest BCUT2D eigenvalue weighted by molar-refractivity contribution is 0.0729. The minimum Gasteiger partial charge on any atom is -0.360 e. The van der Waals surface area contributed by atoms with Gasteiger partial charge in [0.1, 0.15) is 6.17 Å². The van der Waals surface area contributed by atoms with Crippen LogP contribution in [0.5, 0.6) is 0 Å². The van der Waals surface area contributed by atoms with Gasteiger partial charge in [-0.2, -0.15) is 0 Å². The quantitative estimate of drug-likeness (QED) is 0.657. The lowest BCUT2D eigenvalue weighted by atomic mass is 10.1. The van der Waals surface area contributed by atoms with E-state index in [2.05, 4.69) is 45.5 Å². The molecule has 0 aliphatic carbocycles. The van der Waals surface area contributed by atoms with Gasteiger partial charge in [0.25, 0.3) is 5.91 Å². The van der Waals surface area contributed by atoms with Crippen LogP contribution in [0.2, 0.25) is 0 Å². The van der Waals surface area contributed by atoms with Crippen LogP contribution < -0.4 is 5.32 Å². The zero-order valence-electron chi connectivity index (χ0n) is 16.3. The topological polar surface area (TPSA) is 48.5 Å². The van der Waals surface area contributed by atoms with E-state index in [1.807, 2.05) is 28.5 Å². The number of nitrogens with one attached hydrogen (secondary N) is 1. The highest BCUT2D eigenvalue weighted by atomic mass is 32.1. The molecular weight excluding hydrogens is 380 g/mol. The fourth-order valence-electron chi connectivity index (χ4n) is 4.18. The van der Waals surface area contributed by atoms with Crippen LogP contribution in [-0.4, -0.2) is 33.8 Å². The first-order valence-corrected chi connectivity index (χ1v) is 11.0. The van der Waals surface area contributed by atoms with Gasteiger partial charge in [0, 0.05) is 23.3 Å². The van der Waals surface area contributed by atoms with Gasteiger partial charge in [-0.3, -0.25) is 14.7 Å². The number of benzene rings is 1. The Morgan fingerprint density at radius 1 is 1.03 bits per heavy atom. The van der Waals surface area contributed by atoms with E-state index in [1.165, 1.54) is 36.4 Å². The van der Waals surface area contributed by atoms with Crippen molar-refractivity contribution in [2.24, 2.45) is 0 Å².